The standard InChI is InChI=1S/C12H14N2O2S/c1-2-3-7-14-11(15)10(17-12(14)16)8-9-5-4-6-13-9/h4-6,8,13H,2-3,7H2,1H3/b10-8+. The molecule has 1 aromatic heterocycles. The van der Waals surface area contributed by atoms with E-state index in [1.165, 1.54) is 4.90 Å². The van der Waals surface area contributed by atoms with E-state index in [-0.39, 0.29) is 11.1 Å². The summed E-state index contributed by atoms with van der Waals surface area (Å²) in [5.41, 5.74) is 0.839. The Morgan fingerprint density at radius 3 is 2.94 bits per heavy atom. The van der Waals surface area contributed by atoms with Gasteiger partial charge in [-0.3, -0.25) is 14.5 Å². The molecule has 0 atom stereocenters. The third-order valence-electron chi connectivity index (χ3n) is 2.52. The molecule has 2 heterocycles. The number of amides is 2. The van der Waals surface area contributed by atoms with Crippen molar-refractivity contribution in [2.24, 2.45) is 0 Å². The molecule has 0 bridgehead atoms. The van der Waals surface area contributed by atoms with Crippen molar-refractivity contribution >= 4 is 29.0 Å². The number of carbonyl (C=O) groups excluding carboxylic acids is 2. The fraction of sp³-hybridized carbons (Fsp3) is 0.333. The van der Waals surface area contributed by atoms with Gasteiger partial charge in [-0.1, -0.05) is 13.3 Å². The molecule has 1 aliphatic heterocycles. The predicted octanol–water partition coefficient (Wildman–Crippen LogP) is 2.85. The predicted molar refractivity (Wildman–Crippen MR) is 68.4 cm³/mol. The lowest BCUT2D eigenvalue weighted by molar-refractivity contribution is -0.122. The molecule has 0 aliphatic carbocycles. The van der Waals surface area contributed by atoms with Crippen LogP contribution < -0.4 is 0 Å². The molecule has 0 unspecified atom stereocenters. The maximum Gasteiger partial charge on any atom is 0.293 e. The minimum atomic E-state index is -0.178. The number of unbranched alkanes of at least 4 members (excludes halogenated alkanes) is 1. The highest BCUT2D eigenvalue weighted by atomic mass is 32.2. The highest BCUT2D eigenvalue weighted by molar-refractivity contribution is 8.18. The van der Waals surface area contributed by atoms with E-state index in [9.17, 15) is 9.59 Å². The van der Waals surface area contributed by atoms with E-state index in [0.717, 1.165) is 30.3 Å². The summed E-state index contributed by atoms with van der Waals surface area (Å²) in [5, 5.41) is -0.166. The van der Waals surface area contributed by atoms with Crippen molar-refractivity contribution in [1.29, 1.82) is 0 Å². The van der Waals surface area contributed by atoms with Crippen molar-refractivity contribution in [3.05, 3.63) is 28.9 Å². The SMILES string of the molecule is CCCCN1C(=O)S/C(=C/c2ccc[nH]2)C1=O. The van der Waals surface area contributed by atoms with Gasteiger partial charge in [-0.2, -0.15) is 0 Å². The fourth-order valence-corrected chi connectivity index (χ4v) is 2.44. The van der Waals surface area contributed by atoms with E-state index in [0.29, 0.717) is 11.4 Å². The lowest BCUT2D eigenvalue weighted by Crippen LogP contribution is -2.29. The Morgan fingerprint density at radius 2 is 2.29 bits per heavy atom. The third kappa shape index (κ3) is 2.61. The average Bonchev–Trinajstić information content (AvgIpc) is 2.89. The number of H-pyrrole nitrogens is 1. The van der Waals surface area contributed by atoms with Gasteiger partial charge in [-0.25, -0.2) is 0 Å². The van der Waals surface area contributed by atoms with Crippen LogP contribution in [0.4, 0.5) is 4.79 Å². The van der Waals surface area contributed by atoms with Crippen molar-refractivity contribution in [2.45, 2.75) is 19.8 Å². The average molecular weight is 250 g/mol. The van der Waals surface area contributed by atoms with Gasteiger partial charge in [0.05, 0.1) is 4.91 Å². The summed E-state index contributed by atoms with van der Waals surface area (Å²) in [6, 6.07) is 3.72. The van der Waals surface area contributed by atoms with Crippen LogP contribution in [0.1, 0.15) is 25.5 Å². The Hall–Kier alpha value is -1.49. The first-order valence-electron chi connectivity index (χ1n) is 5.61. The third-order valence-corrected chi connectivity index (χ3v) is 3.42. The minimum Gasteiger partial charge on any atom is -0.362 e. The molecule has 2 rings (SSSR count). The number of aromatic nitrogens is 1. The summed E-state index contributed by atoms with van der Waals surface area (Å²) >= 11 is 1.01. The number of nitrogens with one attached hydrogen (secondary N) is 1. The summed E-state index contributed by atoms with van der Waals surface area (Å²) in [4.78, 5) is 28.4. The number of nitrogens with zero attached hydrogens (tertiary/aromatic N) is 1. The van der Waals surface area contributed by atoms with E-state index in [1.54, 1.807) is 12.3 Å². The maximum atomic E-state index is 12.0. The van der Waals surface area contributed by atoms with E-state index in [2.05, 4.69) is 4.98 Å². The molecule has 0 saturated carbocycles. The summed E-state index contributed by atoms with van der Waals surface area (Å²) in [6.07, 6.45) is 5.33. The van der Waals surface area contributed by atoms with Crippen LogP contribution in [0.2, 0.25) is 0 Å². The first kappa shape index (κ1) is 12.0. The molecule has 0 spiro atoms. The number of rotatable bonds is 4. The Labute approximate surface area is 104 Å². The maximum absolute atomic E-state index is 12.0. The van der Waals surface area contributed by atoms with E-state index in [1.807, 2.05) is 19.1 Å². The van der Waals surface area contributed by atoms with Crippen LogP contribution in [0, 0.1) is 0 Å². The Morgan fingerprint density at radius 1 is 1.47 bits per heavy atom. The lowest BCUT2D eigenvalue weighted by atomic mass is 10.3. The second-order valence-corrected chi connectivity index (χ2v) is 4.81. The number of hydrogen-bond donors (Lipinski definition) is 1. The molecule has 1 aromatic rings. The smallest absolute Gasteiger partial charge is 0.293 e. The molecule has 90 valence electrons. The normalized spacial score (nSPS) is 18.4. The monoisotopic (exact) mass is 250 g/mol. The first-order valence-corrected chi connectivity index (χ1v) is 6.42. The molecule has 0 aromatic carbocycles. The van der Waals surface area contributed by atoms with E-state index >= 15 is 0 Å². The van der Waals surface area contributed by atoms with Crippen LogP contribution >= 0.6 is 11.8 Å². The second-order valence-electron chi connectivity index (χ2n) is 3.81. The molecule has 1 fully saturated rings. The second kappa shape index (κ2) is 5.23. The van der Waals surface area contributed by atoms with Crippen LogP contribution in [0.15, 0.2) is 23.2 Å². The van der Waals surface area contributed by atoms with Crippen LogP contribution in [0.25, 0.3) is 6.08 Å². The minimum absolute atomic E-state index is 0.166. The van der Waals surface area contributed by atoms with Gasteiger partial charge >= 0.3 is 0 Å². The lowest BCUT2D eigenvalue weighted by Gasteiger charge is -2.10. The first-order chi connectivity index (χ1) is 8.22. The molecular formula is C12H14N2O2S. The molecule has 17 heavy (non-hydrogen) atoms. The summed E-state index contributed by atoms with van der Waals surface area (Å²) in [6.45, 7) is 2.55. The fourth-order valence-electron chi connectivity index (χ4n) is 1.58. The topological polar surface area (TPSA) is 53.2 Å². The Kier molecular flexibility index (Phi) is 3.68. The highest BCUT2D eigenvalue weighted by Gasteiger charge is 2.34. The quantitative estimate of drug-likeness (QED) is 0.836. The van der Waals surface area contributed by atoms with Crippen LogP contribution in [-0.2, 0) is 4.79 Å². The van der Waals surface area contributed by atoms with Gasteiger partial charge in [0.2, 0.25) is 0 Å². The molecule has 1 N–H and O–H groups in total. The molecule has 4 nitrogen and oxygen atoms in total. The van der Waals surface area contributed by atoms with Crippen LogP contribution in [-0.4, -0.2) is 27.6 Å². The number of hydrogen-bond acceptors (Lipinski definition) is 3. The Bertz CT molecular complexity index is 451. The van der Waals surface area contributed by atoms with Gasteiger partial charge in [0.1, 0.15) is 0 Å². The van der Waals surface area contributed by atoms with E-state index < -0.39 is 0 Å². The molecule has 2 amide bonds. The number of aromatic amines is 1. The zero-order valence-corrected chi connectivity index (χ0v) is 10.4. The van der Waals surface area contributed by atoms with Crippen LogP contribution in [0.3, 0.4) is 0 Å². The van der Waals surface area contributed by atoms with Crippen molar-refractivity contribution < 1.29 is 9.59 Å². The van der Waals surface area contributed by atoms with Crippen LogP contribution in [0.5, 0.6) is 0 Å². The summed E-state index contributed by atoms with van der Waals surface area (Å²) < 4.78 is 0. The number of carbonyl (C=O) groups is 2. The van der Waals surface area contributed by atoms with Crippen molar-refractivity contribution in [2.75, 3.05) is 6.54 Å². The molecule has 0 radical (unpaired) electrons. The molecule has 5 heteroatoms. The van der Waals surface area contributed by atoms with Crippen molar-refractivity contribution in [3.63, 3.8) is 0 Å². The number of thioether (sulfide) groups is 1. The molecular weight excluding hydrogens is 236 g/mol. The molecule has 1 saturated heterocycles. The van der Waals surface area contributed by atoms with E-state index in [4.69, 9.17) is 0 Å². The molecule has 1 aliphatic rings. The largest absolute Gasteiger partial charge is 0.362 e. The van der Waals surface area contributed by atoms with Gasteiger partial charge in [-0.05, 0) is 36.4 Å². The zero-order valence-electron chi connectivity index (χ0n) is 9.60. The summed E-state index contributed by atoms with van der Waals surface area (Å²) in [5.74, 6) is -0.178. The van der Waals surface area contributed by atoms with Gasteiger partial charge in [0, 0.05) is 18.4 Å². The Balaban J connectivity index is 2.13. The van der Waals surface area contributed by atoms with Gasteiger partial charge in [0.25, 0.3) is 11.1 Å². The van der Waals surface area contributed by atoms with Gasteiger partial charge in [-0.15, -0.1) is 0 Å². The van der Waals surface area contributed by atoms with Gasteiger partial charge in [0.15, 0.2) is 0 Å². The zero-order chi connectivity index (χ0) is 12.3. The van der Waals surface area contributed by atoms with Gasteiger partial charge < -0.3 is 4.98 Å². The van der Waals surface area contributed by atoms with Crippen molar-refractivity contribution in [3.8, 4) is 0 Å². The van der Waals surface area contributed by atoms with Crippen molar-refractivity contribution in [1.82, 2.24) is 9.88 Å². The summed E-state index contributed by atoms with van der Waals surface area (Å²) in [7, 11) is 0. The highest BCUT2D eigenvalue weighted by Crippen LogP contribution is 2.31. The number of imide groups is 1.